The number of nitrogens with one attached hydrogen (secondary N) is 2. The van der Waals surface area contributed by atoms with Crippen molar-refractivity contribution in [2.24, 2.45) is 11.8 Å². The third kappa shape index (κ3) is 8.03. The van der Waals surface area contributed by atoms with Crippen LogP contribution in [0.5, 0.6) is 0 Å². The van der Waals surface area contributed by atoms with Crippen LogP contribution in [0.3, 0.4) is 0 Å². The van der Waals surface area contributed by atoms with Crippen LogP contribution in [0.1, 0.15) is 45.2 Å². The third-order valence-corrected chi connectivity index (χ3v) is 3.94. The normalized spacial score (nSPS) is 13.2. The van der Waals surface area contributed by atoms with E-state index < -0.39 is 17.9 Å². The van der Waals surface area contributed by atoms with E-state index in [0.717, 1.165) is 5.56 Å². The van der Waals surface area contributed by atoms with Gasteiger partial charge in [-0.1, -0.05) is 37.6 Å². The molecule has 0 fully saturated rings. The van der Waals surface area contributed by atoms with Gasteiger partial charge in [-0.25, -0.2) is 0 Å². The topological polar surface area (TPSA) is 95.5 Å². The van der Waals surface area contributed by atoms with Crippen LogP contribution in [0.2, 0.25) is 5.02 Å². The van der Waals surface area contributed by atoms with Gasteiger partial charge < -0.3 is 15.7 Å². The van der Waals surface area contributed by atoms with Crippen LogP contribution in [0.25, 0.3) is 0 Å². The molecule has 0 heterocycles. The Bertz CT molecular complexity index is 602. The van der Waals surface area contributed by atoms with Crippen LogP contribution in [-0.2, 0) is 14.4 Å². The van der Waals surface area contributed by atoms with Gasteiger partial charge in [-0.2, -0.15) is 0 Å². The standard InChI is InChI=1S/C18H25ClN2O4/c1-11(2)8-14(18(24)25)10-20-17(23)9-16(21-12(3)22)13-4-6-15(19)7-5-13/h4-7,11,14,16H,8-10H2,1-3H3,(H,20,23)(H,21,22)(H,24,25). The number of carbonyl (C=O) groups is 3. The zero-order chi connectivity index (χ0) is 19.0. The van der Waals surface area contributed by atoms with Gasteiger partial charge in [0, 0.05) is 18.5 Å². The molecule has 2 unspecified atom stereocenters. The summed E-state index contributed by atoms with van der Waals surface area (Å²) in [6.07, 6.45) is 0.511. The fraction of sp³-hybridized carbons (Fsp3) is 0.500. The van der Waals surface area contributed by atoms with Crippen molar-refractivity contribution in [1.82, 2.24) is 10.6 Å². The van der Waals surface area contributed by atoms with Crippen LogP contribution in [0, 0.1) is 11.8 Å². The summed E-state index contributed by atoms with van der Waals surface area (Å²) >= 11 is 5.86. The molecule has 0 aliphatic heterocycles. The molecule has 25 heavy (non-hydrogen) atoms. The molecule has 1 aromatic carbocycles. The Hall–Kier alpha value is -2.08. The number of aliphatic carboxylic acids is 1. The van der Waals surface area contributed by atoms with E-state index in [9.17, 15) is 19.5 Å². The first-order valence-electron chi connectivity index (χ1n) is 8.21. The molecule has 2 atom stereocenters. The number of halogens is 1. The Morgan fingerprint density at radius 3 is 2.24 bits per heavy atom. The molecule has 0 saturated heterocycles. The van der Waals surface area contributed by atoms with Crippen LogP contribution in [0.15, 0.2) is 24.3 Å². The summed E-state index contributed by atoms with van der Waals surface area (Å²) in [5.41, 5.74) is 0.756. The molecule has 6 nitrogen and oxygen atoms in total. The smallest absolute Gasteiger partial charge is 0.308 e. The summed E-state index contributed by atoms with van der Waals surface area (Å²) in [5, 5.41) is 15.2. The Kier molecular flexibility index (Phi) is 8.41. The number of carbonyl (C=O) groups excluding carboxylic acids is 2. The lowest BCUT2D eigenvalue weighted by Crippen LogP contribution is -2.36. The van der Waals surface area contributed by atoms with Crippen molar-refractivity contribution in [3.05, 3.63) is 34.9 Å². The van der Waals surface area contributed by atoms with E-state index in [1.807, 2.05) is 13.8 Å². The fourth-order valence-electron chi connectivity index (χ4n) is 2.53. The second-order valence-electron chi connectivity index (χ2n) is 6.48. The summed E-state index contributed by atoms with van der Waals surface area (Å²) in [7, 11) is 0. The highest BCUT2D eigenvalue weighted by atomic mass is 35.5. The highest BCUT2D eigenvalue weighted by Crippen LogP contribution is 2.20. The lowest BCUT2D eigenvalue weighted by Gasteiger charge is -2.20. The van der Waals surface area contributed by atoms with Crippen molar-refractivity contribution in [1.29, 1.82) is 0 Å². The van der Waals surface area contributed by atoms with Gasteiger partial charge in [0.2, 0.25) is 11.8 Å². The molecule has 138 valence electrons. The van der Waals surface area contributed by atoms with Gasteiger partial charge in [-0.3, -0.25) is 14.4 Å². The minimum atomic E-state index is -0.926. The highest BCUT2D eigenvalue weighted by Gasteiger charge is 2.21. The van der Waals surface area contributed by atoms with Gasteiger partial charge in [-0.05, 0) is 30.0 Å². The number of carboxylic acids is 1. The summed E-state index contributed by atoms with van der Waals surface area (Å²) in [6.45, 7) is 5.32. The number of hydrogen-bond donors (Lipinski definition) is 3. The zero-order valence-corrected chi connectivity index (χ0v) is 15.5. The van der Waals surface area contributed by atoms with E-state index in [1.165, 1.54) is 6.92 Å². The van der Waals surface area contributed by atoms with Crippen molar-refractivity contribution in [3.8, 4) is 0 Å². The van der Waals surface area contributed by atoms with Crippen molar-refractivity contribution >= 4 is 29.4 Å². The van der Waals surface area contributed by atoms with Crippen LogP contribution in [-0.4, -0.2) is 29.4 Å². The number of benzene rings is 1. The Morgan fingerprint density at radius 2 is 1.76 bits per heavy atom. The molecule has 0 spiro atoms. The molecule has 2 amide bonds. The minimum absolute atomic E-state index is 0.0230. The lowest BCUT2D eigenvalue weighted by atomic mass is 9.97. The van der Waals surface area contributed by atoms with Crippen LogP contribution in [0.4, 0.5) is 0 Å². The highest BCUT2D eigenvalue weighted by molar-refractivity contribution is 6.30. The number of carboxylic acid groups (broad SMARTS) is 1. The van der Waals surface area contributed by atoms with E-state index >= 15 is 0 Å². The molecule has 0 bridgehead atoms. The van der Waals surface area contributed by atoms with Crippen molar-refractivity contribution in [2.75, 3.05) is 6.54 Å². The van der Waals surface area contributed by atoms with Crippen molar-refractivity contribution in [2.45, 2.75) is 39.7 Å². The monoisotopic (exact) mass is 368 g/mol. The molecule has 1 aromatic rings. The molecule has 7 heteroatoms. The molecule has 0 saturated carbocycles. The van der Waals surface area contributed by atoms with Crippen LogP contribution < -0.4 is 10.6 Å². The maximum Gasteiger partial charge on any atom is 0.308 e. The SMILES string of the molecule is CC(=O)NC(CC(=O)NCC(CC(C)C)C(=O)O)c1ccc(Cl)cc1. The molecule has 0 aliphatic carbocycles. The zero-order valence-electron chi connectivity index (χ0n) is 14.7. The molecular formula is C18H25ClN2O4. The Morgan fingerprint density at radius 1 is 1.16 bits per heavy atom. The minimum Gasteiger partial charge on any atom is -0.481 e. The third-order valence-electron chi connectivity index (χ3n) is 3.69. The second kappa shape index (κ2) is 10.0. The predicted octanol–water partition coefficient (Wildman–Crippen LogP) is 2.77. The predicted molar refractivity (Wildman–Crippen MR) is 96.2 cm³/mol. The quantitative estimate of drug-likeness (QED) is 0.624. The number of hydrogen-bond acceptors (Lipinski definition) is 3. The van der Waals surface area contributed by atoms with Gasteiger partial charge in [0.05, 0.1) is 18.4 Å². The largest absolute Gasteiger partial charge is 0.481 e. The average molecular weight is 369 g/mol. The van der Waals surface area contributed by atoms with Gasteiger partial charge in [0.15, 0.2) is 0 Å². The second-order valence-corrected chi connectivity index (χ2v) is 6.91. The first kappa shape index (κ1) is 21.0. The van der Waals surface area contributed by atoms with Gasteiger partial charge in [0.25, 0.3) is 0 Å². The first-order valence-corrected chi connectivity index (χ1v) is 8.59. The summed E-state index contributed by atoms with van der Waals surface area (Å²) in [5.74, 6) is -1.90. The molecule has 1 rings (SSSR count). The summed E-state index contributed by atoms with van der Waals surface area (Å²) in [6, 6.07) is 6.37. The maximum absolute atomic E-state index is 12.2. The van der Waals surface area contributed by atoms with E-state index in [-0.39, 0.29) is 30.7 Å². The maximum atomic E-state index is 12.2. The van der Waals surface area contributed by atoms with Gasteiger partial charge in [0.1, 0.15) is 0 Å². The first-order chi connectivity index (χ1) is 11.7. The van der Waals surface area contributed by atoms with E-state index in [1.54, 1.807) is 24.3 Å². The molecule has 0 radical (unpaired) electrons. The van der Waals surface area contributed by atoms with Gasteiger partial charge >= 0.3 is 5.97 Å². The van der Waals surface area contributed by atoms with E-state index in [4.69, 9.17) is 11.6 Å². The van der Waals surface area contributed by atoms with E-state index in [0.29, 0.717) is 11.4 Å². The average Bonchev–Trinajstić information content (AvgIpc) is 2.50. The molecular weight excluding hydrogens is 344 g/mol. The molecule has 0 aromatic heterocycles. The summed E-state index contributed by atoms with van der Waals surface area (Å²) in [4.78, 5) is 34.9. The van der Waals surface area contributed by atoms with Crippen molar-refractivity contribution < 1.29 is 19.5 Å². The van der Waals surface area contributed by atoms with Crippen LogP contribution >= 0.6 is 11.6 Å². The van der Waals surface area contributed by atoms with E-state index in [2.05, 4.69) is 10.6 Å². The molecule has 0 aliphatic rings. The fourth-order valence-corrected chi connectivity index (χ4v) is 2.65. The van der Waals surface area contributed by atoms with Gasteiger partial charge in [-0.15, -0.1) is 0 Å². The molecule has 3 N–H and O–H groups in total. The number of rotatable bonds is 9. The lowest BCUT2D eigenvalue weighted by molar-refractivity contribution is -0.142. The van der Waals surface area contributed by atoms with Crippen molar-refractivity contribution in [3.63, 3.8) is 0 Å². The summed E-state index contributed by atoms with van der Waals surface area (Å²) < 4.78 is 0. The number of amides is 2. The Balaban J connectivity index is 2.69. The Labute approximate surface area is 152 Å².